The molecule has 0 aliphatic carbocycles. The highest BCUT2D eigenvalue weighted by Crippen LogP contribution is 2.25. The van der Waals surface area contributed by atoms with E-state index in [4.69, 9.17) is 4.74 Å². The zero-order chi connectivity index (χ0) is 14.5. The van der Waals surface area contributed by atoms with Gasteiger partial charge >= 0.3 is 6.03 Å². The lowest BCUT2D eigenvalue weighted by Gasteiger charge is -2.20. The van der Waals surface area contributed by atoms with Gasteiger partial charge in [0, 0.05) is 32.4 Å². The second-order valence-electron chi connectivity index (χ2n) is 5.54. The van der Waals surface area contributed by atoms with Gasteiger partial charge in [-0.2, -0.15) is 0 Å². The van der Waals surface area contributed by atoms with Crippen LogP contribution >= 0.6 is 0 Å². The molecule has 21 heavy (non-hydrogen) atoms. The number of urea groups is 1. The minimum Gasteiger partial charge on any atom is -0.376 e. The fraction of sp³-hybridized carbons (Fsp3) is 0.600. The van der Waals surface area contributed by atoms with E-state index < -0.39 is 0 Å². The van der Waals surface area contributed by atoms with Gasteiger partial charge in [0.1, 0.15) is 0 Å². The van der Waals surface area contributed by atoms with Crippen LogP contribution in [0.25, 0.3) is 0 Å². The van der Waals surface area contributed by atoms with Crippen LogP contribution in [-0.2, 0) is 4.74 Å². The molecule has 2 aliphatic heterocycles. The number of hydrogen-bond acceptors (Lipinski definition) is 4. The molecule has 3 heterocycles. The summed E-state index contributed by atoms with van der Waals surface area (Å²) in [7, 11) is 0. The molecular weight excluding hydrogens is 268 g/mol. The van der Waals surface area contributed by atoms with Crippen LogP contribution in [0.3, 0.4) is 0 Å². The van der Waals surface area contributed by atoms with Gasteiger partial charge in [-0.05, 0) is 37.8 Å². The molecule has 6 heteroatoms. The average Bonchev–Trinajstić information content (AvgIpc) is 3.19. The number of nitrogens with zero attached hydrogens (tertiary/aromatic N) is 2. The van der Waals surface area contributed by atoms with Crippen LogP contribution in [0.15, 0.2) is 18.3 Å². The van der Waals surface area contributed by atoms with E-state index in [0.717, 1.165) is 44.0 Å². The zero-order valence-electron chi connectivity index (χ0n) is 12.2. The molecule has 2 N–H and O–H groups in total. The van der Waals surface area contributed by atoms with Gasteiger partial charge in [-0.3, -0.25) is 0 Å². The van der Waals surface area contributed by atoms with Crippen LogP contribution in [0, 0.1) is 0 Å². The first-order valence-corrected chi connectivity index (χ1v) is 7.69. The minimum absolute atomic E-state index is 0.155. The predicted octanol–water partition coefficient (Wildman–Crippen LogP) is 1.98. The Hall–Kier alpha value is -1.82. The maximum atomic E-state index is 12.0. The second-order valence-corrected chi connectivity index (χ2v) is 5.54. The van der Waals surface area contributed by atoms with Crippen molar-refractivity contribution in [2.75, 3.05) is 36.5 Å². The van der Waals surface area contributed by atoms with Gasteiger partial charge in [-0.1, -0.05) is 0 Å². The van der Waals surface area contributed by atoms with Crippen molar-refractivity contribution in [1.29, 1.82) is 0 Å². The Bertz CT molecular complexity index is 482. The van der Waals surface area contributed by atoms with E-state index in [9.17, 15) is 4.79 Å². The van der Waals surface area contributed by atoms with Crippen molar-refractivity contribution < 1.29 is 9.53 Å². The lowest BCUT2D eigenvalue weighted by Crippen LogP contribution is -2.35. The molecule has 1 atom stereocenters. The summed E-state index contributed by atoms with van der Waals surface area (Å²) in [5.41, 5.74) is 0.768. The minimum atomic E-state index is -0.195. The first-order valence-electron chi connectivity index (χ1n) is 7.69. The Labute approximate surface area is 124 Å². The summed E-state index contributed by atoms with van der Waals surface area (Å²) in [6, 6.07) is 3.54. The molecule has 2 aliphatic rings. The summed E-state index contributed by atoms with van der Waals surface area (Å²) in [6.45, 7) is 3.37. The summed E-state index contributed by atoms with van der Waals surface area (Å²) in [4.78, 5) is 18.6. The number of ether oxygens (including phenoxy) is 1. The van der Waals surface area contributed by atoms with E-state index in [1.807, 2.05) is 12.1 Å². The van der Waals surface area contributed by atoms with Crippen molar-refractivity contribution in [2.24, 2.45) is 0 Å². The first-order chi connectivity index (χ1) is 10.3. The molecule has 0 aromatic carbocycles. The second kappa shape index (κ2) is 6.76. The van der Waals surface area contributed by atoms with E-state index in [1.165, 1.54) is 12.8 Å². The van der Waals surface area contributed by atoms with E-state index in [1.54, 1.807) is 6.20 Å². The maximum Gasteiger partial charge on any atom is 0.319 e. The monoisotopic (exact) mass is 290 g/mol. The molecule has 0 spiro atoms. The topological polar surface area (TPSA) is 66.5 Å². The molecule has 2 amide bonds. The van der Waals surface area contributed by atoms with Crippen LogP contribution < -0.4 is 15.5 Å². The van der Waals surface area contributed by atoms with Gasteiger partial charge in [-0.15, -0.1) is 0 Å². The third-order valence-corrected chi connectivity index (χ3v) is 3.95. The van der Waals surface area contributed by atoms with Gasteiger partial charge in [-0.25, -0.2) is 9.78 Å². The van der Waals surface area contributed by atoms with Crippen molar-refractivity contribution in [3.8, 4) is 0 Å². The van der Waals surface area contributed by atoms with Crippen LogP contribution in [0.4, 0.5) is 16.3 Å². The number of nitrogens with one attached hydrogen (secondary N) is 2. The van der Waals surface area contributed by atoms with Gasteiger partial charge < -0.3 is 20.3 Å². The summed E-state index contributed by atoms with van der Waals surface area (Å²) < 4.78 is 5.50. The van der Waals surface area contributed by atoms with Gasteiger partial charge in [0.25, 0.3) is 0 Å². The van der Waals surface area contributed by atoms with Crippen molar-refractivity contribution in [3.63, 3.8) is 0 Å². The lowest BCUT2D eigenvalue weighted by atomic mass is 10.2. The van der Waals surface area contributed by atoms with Gasteiger partial charge in [0.15, 0.2) is 5.82 Å². The van der Waals surface area contributed by atoms with Crippen LogP contribution in [0.2, 0.25) is 0 Å². The van der Waals surface area contributed by atoms with Crippen molar-refractivity contribution in [3.05, 3.63) is 18.3 Å². The molecule has 0 saturated carbocycles. The van der Waals surface area contributed by atoms with Crippen molar-refractivity contribution in [2.45, 2.75) is 31.8 Å². The molecule has 1 aromatic heterocycles. The van der Waals surface area contributed by atoms with E-state index in [-0.39, 0.29) is 12.1 Å². The van der Waals surface area contributed by atoms with Crippen molar-refractivity contribution in [1.82, 2.24) is 10.3 Å². The lowest BCUT2D eigenvalue weighted by molar-refractivity contribution is 0.112. The molecular formula is C15H22N4O2. The fourth-order valence-electron chi connectivity index (χ4n) is 2.85. The molecule has 3 rings (SSSR count). The summed E-state index contributed by atoms with van der Waals surface area (Å²) in [5, 5.41) is 5.77. The van der Waals surface area contributed by atoms with Crippen LogP contribution in [0.1, 0.15) is 25.7 Å². The van der Waals surface area contributed by atoms with Crippen LogP contribution in [-0.4, -0.2) is 43.4 Å². The van der Waals surface area contributed by atoms with E-state index in [0.29, 0.717) is 6.54 Å². The number of aromatic nitrogens is 1. The third-order valence-electron chi connectivity index (χ3n) is 3.95. The highest BCUT2D eigenvalue weighted by atomic mass is 16.5. The number of pyridine rings is 1. The fourth-order valence-corrected chi connectivity index (χ4v) is 2.85. The molecule has 0 radical (unpaired) electrons. The van der Waals surface area contributed by atoms with Crippen LogP contribution in [0.5, 0.6) is 0 Å². The van der Waals surface area contributed by atoms with Gasteiger partial charge in [0.2, 0.25) is 0 Å². The molecule has 2 fully saturated rings. The average molecular weight is 290 g/mol. The number of carbonyl (C=O) groups is 1. The number of hydrogen-bond donors (Lipinski definition) is 2. The summed E-state index contributed by atoms with van der Waals surface area (Å²) in [5.74, 6) is 0.863. The largest absolute Gasteiger partial charge is 0.376 e. The molecule has 0 bridgehead atoms. The Morgan fingerprint density at radius 1 is 1.38 bits per heavy atom. The summed E-state index contributed by atoms with van der Waals surface area (Å²) >= 11 is 0. The molecule has 2 saturated heterocycles. The SMILES string of the molecule is O=C(NC[C@H]1CCCO1)Nc1cccnc1N1CCCC1. The molecule has 0 unspecified atom stereocenters. The van der Waals surface area contributed by atoms with Crippen molar-refractivity contribution >= 4 is 17.5 Å². The van der Waals surface area contributed by atoms with Gasteiger partial charge in [0.05, 0.1) is 11.8 Å². The quantitative estimate of drug-likeness (QED) is 0.890. The normalized spacial score (nSPS) is 21.5. The standard InChI is InChI=1S/C15H22N4O2/c20-15(17-11-12-5-4-10-21-12)18-13-6-3-7-16-14(13)19-8-1-2-9-19/h3,6-7,12H,1-2,4-5,8-11H2,(H2,17,18,20)/t12-/m1/s1. The molecule has 1 aromatic rings. The summed E-state index contributed by atoms with van der Waals surface area (Å²) in [6.07, 6.45) is 6.38. The number of carbonyl (C=O) groups excluding carboxylic acids is 1. The first kappa shape index (κ1) is 14.1. The highest BCUT2D eigenvalue weighted by Gasteiger charge is 2.19. The Balaban J connectivity index is 1.57. The predicted molar refractivity (Wildman–Crippen MR) is 81.7 cm³/mol. The smallest absolute Gasteiger partial charge is 0.319 e. The Morgan fingerprint density at radius 2 is 2.24 bits per heavy atom. The number of anilines is 2. The molecule has 114 valence electrons. The van der Waals surface area contributed by atoms with E-state index >= 15 is 0 Å². The number of rotatable bonds is 4. The van der Waals surface area contributed by atoms with E-state index in [2.05, 4.69) is 20.5 Å². The number of amides is 2. The Morgan fingerprint density at radius 3 is 3.00 bits per heavy atom. The molecule has 6 nitrogen and oxygen atoms in total. The Kier molecular flexibility index (Phi) is 4.55. The maximum absolute atomic E-state index is 12.0. The zero-order valence-corrected chi connectivity index (χ0v) is 12.2. The highest BCUT2D eigenvalue weighted by molar-refractivity contribution is 5.92. The third kappa shape index (κ3) is 3.64.